The molecule has 14 heavy (non-hydrogen) atoms. The Morgan fingerprint density at radius 3 is 1.93 bits per heavy atom. The summed E-state index contributed by atoms with van der Waals surface area (Å²) in [5.74, 6) is 0. The molecule has 0 aromatic rings. The van der Waals surface area contributed by atoms with E-state index in [2.05, 4.69) is 26.8 Å². The van der Waals surface area contributed by atoms with Gasteiger partial charge in [0.1, 0.15) is 0 Å². The molecule has 0 atom stereocenters. The molecule has 0 aliphatic heterocycles. The largest absolute Gasteiger partial charge is 0.0854 e. The normalized spacial score (nSPS) is 10.2. The van der Waals surface area contributed by atoms with Crippen molar-refractivity contribution < 1.29 is 0 Å². The van der Waals surface area contributed by atoms with E-state index < -0.39 is 0 Å². The van der Waals surface area contributed by atoms with Gasteiger partial charge in [-0.3, -0.25) is 0 Å². The van der Waals surface area contributed by atoms with Gasteiger partial charge in [-0.2, -0.15) is 0 Å². The summed E-state index contributed by atoms with van der Waals surface area (Å²) >= 11 is 0. The molecular weight excluding hydrogens is 168 g/mol. The van der Waals surface area contributed by atoms with E-state index in [0.29, 0.717) is 0 Å². The van der Waals surface area contributed by atoms with Gasteiger partial charge in [0, 0.05) is 0 Å². The van der Waals surface area contributed by atoms with Crippen molar-refractivity contribution in [3.63, 3.8) is 0 Å². The molecule has 0 saturated heterocycles. The molecule has 0 aromatic heterocycles. The summed E-state index contributed by atoms with van der Waals surface area (Å²) in [6, 6.07) is 0. The van der Waals surface area contributed by atoms with Crippen molar-refractivity contribution in [1.29, 1.82) is 0 Å². The summed E-state index contributed by atoms with van der Waals surface area (Å²) in [5, 5.41) is 0. The molecule has 0 heterocycles. The van der Waals surface area contributed by atoms with Crippen molar-refractivity contribution in [3.05, 3.63) is 11.6 Å². The van der Waals surface area contributed by atoms with Crippen LogP contribution in [0.3, 0.4) is 0 Å². The Hall–Kier alpha value is -0.260. The van der Waals surface area contributed by atoms with Crippen LogP contribution < -0.4 is 0 Å². The lowest BCUT2D eigenvalue weighted by Gasteiger charge is -2.01. The van der Waals surface area contributed by atoms with Crippen molar-refractivity contribution in [2.24, 2.45) is 0 Å². The van der Waals surface area contributed by atoms with E-state index in [0.717, 1.165) is 0 Å². The monoisotopic (exact) mass is 196 g/mol. The average Bonchev–Trinajstić information content (AvgIpc) is 2.22. The molecule has 0 aromatic carbocycles. The minimum atomic E-state index is 1.24. The Morgan fingerprint density at radius 1 is 0.786 bits per heavy atom. The molecule has 84 valence electrons. The minimum Gasteiger partial charge on any atom is -0.0854 e. The number of hydrogen-bond acceptors (Lipinski definition) is 0. The summed E-state index contributed by atoms with van der Waals surface area (Å²) in [6.07, 6.45) is 14.7. The highest BCUT2D eigenvalue weighted by Crippen LogP contribution is 2.11. The van der Waals surface area contributed by atoms with Gasteiger partial charge in [-0.15, -0.1) is 0 Å². The first-order valence-electron chi connectivity index (χ1n) is 6.53. The zero-order chi connectivity index (χ0) is 10.6. The van der Waals surface area contributed by atoms with E-state index >= 15 is 0 Å². The molecule has 0 nitrogen and oxygen atoms in total. The van der Waals surface area contributed by atoms with E-state index in [1.54, 1.807) is 5.57 Å². The fourth-order valence-electron chi connectivity index (χ4n) is 1.77. The van der Waals surface area contributed by atoms with Gasteiger partial charge in [0.05, 0.1) is 0 Å². The van der Waals surface area contributed by atoms with Crippen molar-refractivity contribution in [2.45, 2.75) is 78.6 Å². The molecule has 0 heteroatoms. The summed E-state index contributed by atoms with van der Waals surface area (Å²) in [7, 11) is 0. The Labute approximate surface area is 90.8 Å². The molecule has 0 aliphatic rings. The van der Waals surface area contributed by atoms with Crippen molar-refractivity contribution in [1.82, 2.24) is 0 Å². The highest BCUT2D eigenvalue weighted by atomic mass is 14.0. The molecule has 0 N–H and O–H groups in total. The van der Waals surface area contributed by atoms with Gasteiger partial charge in [0.2, 0.25) is 0 Å². The maximum atomic E-state index is 2.46. The van der Waals surface area contributed by atoms with Crippen molar-refractivity contribution >= 4 is 0 Å². The fraction of sp³-hybridized carbons (Fsp3) is 0.857. The third-order valence-electron chi connectivity index (χ3n) is 2.90. The molecule has 0 amide bonds. The average molecular weight is 196 g/mol. The second kappa shape index (κ2) is 10.8. The molecule has 0 unspecified atom stereocenters. The fourth-order valence-corrected chi connectivity index (χ4v) is 1.77. The van der Waals surface area contributed by atoms with Gasteiger partial charge >= 0.3 is 0 Å². The predicted molar refractivity (Wildman–Crippen MR) is 66.7 cm³/mol. The first-order chi connectivity index (χ1) is 6.85. The minimum absolute atomic E-state index is 1.24. The molecule has 0 saturated carbocycles. The lowest BCUT2D eigenvalue weighted by molar-refractivity contribution is 0.610. The summed E-state index contributed by atoms with van der Waals surface area (Å²) in [4.78, 5) is 0. The number of unbranched alkanes of at least 4 members (excludes halogenated alkanes) is 6. The van der Waals surface area contributed by atoms with Crippen LogP contribution in [0.1, 0.15) is 78.6 Å². The van der Waals surface area contributed by atoms with E-state index in [1.807, 2.05) is 0 Å². The molecule has 0 spiro atoms. The van der Waals surface area contributed by atoms with Gasteiger partial charge in [-0.25, -0.2) is 0 Å². The maximum Gasteiger partial charge on any atom is -0.0348 e. The molecule has 0 radical (unpaired) electrons. The second-order valence-electron chi connectivity index (χ2n) is 4.13. The van der Waals surface area contributed by atoms with Crippen LogP contribution in [-0.4, -0.2) is 0 Å². The SMILES string of the molecule is CCCCCCCCC=C(CC)CC. The summed E-state index contributed by atoms with van der Waals surface area (Å²) in [6.45, 7) is 6.80. The smallest absolute Gasteiger partial charge is 0.0348 e. The Morgan fingerprint density at radius 2 is 1.36 bits per heavy atom. The van der Waals surface area contributed by atoms with E-state index in [9.17, 15) is 0 Å². The lowest BCUT2D eigenvalue weighted by Crippen LogP contribution is -1.80. The van der Waals surface area contributed by atoms with E-state index in [1.165, 1.54) is 57.8 Å². The van der Waals surface area contributed by atoms with Gasteiger partial charge in [0.15, 0.2) is 0 Å². The standard InChI is InChI=1S/C14H28/c1-4-7-8-9-10-11-12-13-14(5-2)6-3/h13H,4-12H2,1-3H3. The van der Waals surface area contributed by atoms with E-state index in [-0.39, 0.29) is 0 Å². The van der Waals surface area contributed by atoms with Crippen LogP contribution in [0.2, 0.25) is 0 Å². The highest BCUT2D eigenvalue weighted by molar-refractivity contribution is 4.99. The number of hydrogen-bond donors (Lipinski definition) is 0. The van der Waals surface area contributed by atoms with Gasteiger partial charge in [0.25, 0.3) is 0 Å². The Balaban J connectivity index is 3.23. The van der Waals surface area contributed by atoms with Crippen LogP contribution in [0.4, 0.5) is 0 Å². The van der Waals surface area contributed by atoms with Crippen LogP contribution >= 0.6 is 0 Å². The van der Waals surface area contributed by atoms with Crippen LogP contribution in [0.5, 0.6) is 0 Å². The Kier molecular flexibility index (Phi) is 10.6. The zero-order valence-corrected chi connectivity index (χ0v) is 10.4. The second-order valence-corrected chi connectivity index (χ2v) is 4.13. The third kappa shape index (κ3) is 8.34. The quantitative estimate of drug-likeness (QED) is 0.338. The predicted octanol–water partition coefficient (Wildman–Crippen LogP) is 5.48. The first kappa shape index (κ1) is 13.7. The topological polar surface area (TPSA) is 0 Å². The van der Waals surface area contributed by atoms with Crippen LogP contribution in [0.25, 0.3) is 0 Å². The molecule has 0 aliphatic carbocycles. The summed E-state index contributed by atoms with van der Waals surface area (Å²) < 4.78 is 0. The number of rotatable bonds is 9. The Bertz CT molecular complexity index is 127. The molecule has 0 fully saturated rings. The van der Waals surface area contributed by atoms with Gasteiger partial charge < -0.3 is 0 Å². The number of allylic oxidation sites excluding steroid dienone is 2. The molecular formula is C14H28. The molecule has 0 bridgehead atoms. The van der Waals surface area contributed by atoms with Gasteiger partial charge in [-0.1, -0.05) is 64.5 Å². The highest BCUT2D eigenvalue weighted by Gasteiger charge is 1.91. The molecule has 0 rings (SSSR count). The maximum absolute atomic E-state index is 2.46. The van der Waals surface area contributed by atoms with Crippen LogP contribution in [0, 0.1) is 0 Å². The van der Waals surface area contributed by atoms with E-state index in [4.69, 9.17) is 0 Å². The van der Waals surface area contributed by atoms with Crippen LogP contribution in [-0.2, 0) is 0 Å². The summed E-state index contributed by atoms with van der Waals surface area (Å²) in [5.41, 5.74) is 1.64. The lowest BCUT2D eigenvalue weighted by atomic mass is 10.1. The zero-order valence-electron chi connectivity index (χ0n) is 10.4. The third-order valence-corrected chi connectivity index (χ3v) is 2.90. The first-order valence-corrected chi connectivity index (χ1v) is 6.53. The van der Waals surface area contributed by atoms with Crippen molar-refractivity contribution in [2.75, 3.05) is 0 Å². The van der Waals surface area contributed by atoms with Crippen LogP contribution in [0.15, 0.2) is 11.6 Å². The van der Waals surface area contributed by atoms with Gasteiger partial charge in [-0.05, 0) is 25.7 Å². The van der Waals surface area contributed by atoms with Crippen molar-refractivity contribution in [3.8, 4) is 0 Å².